The summed E-state index contributed by atoms with van der Waals surface area (Å²) in [6, 6.07) is 0. The molecule has 0 aromatic heterocycles. The molecule has 128 valence electrons. The molecular formula is C18H28N2O3. The number of quaternary nitrogens is 1. The number of carbonyl (C=O) groups is 2. The van der Waals surface area contributed by atoms with Crippen molar-refractivity contribution in [2.24, 2.45) is 23.7 Å². The molecule has 4 saturated carbocycles. The maximum absolute atomic E-state index is 12.6. The van der Waals surface area contributed by atoms with Crippen LogP contribution in [0.15, 0.2) is 0 Å². The monoisotopic (exact) mass is 320 g/mol. The summed E-state index contributed by atoms with van der Waals surface area (Å²) < 4.78 is 0. The van der Waals surface area contributed by atoms with Crippen molar-refractivity contribution in [1.29, 1.82) is 0 Å². The van der Waals surface area contributed by atoms with Gasteiger partial charge in [0, 0.05) is 30.3 Å². The predicted octanol–water partition coefficient (Wildman–Crippen LogP) is -0.884. The second-order valence-corrected chi connectivity index (χ2v) is 8.77. The van der Waals surface area contributed by atoms with Gasteiger partial charge in [-0.2, -0.15) is 0 Å². The zero-order valence-electron chi connectivity index (χ0n) is 13.8. The number of carboxylic acid groups (broad SMARTS) is 1. The third kappa shape index (κ3) is 3.12. The lowest BCUT2D eigenvalue weighted by Gasteiger charge is -2.56. The Balaban J connectivity index is 1.30. The Hall–Kier alpha value is -1.10. The molecule has 0 aromatic rings. The number of carbonyl (C=O) groups excluding carboxylic acids is 2. The molecule has 0 aromatic carbocycles. The fraction of sp³-hybridized carbons (Fsp3) is 0.889. The Bertz CT molecular complexity index is 461. The molecule has 4 aliphatic carbocycles. The molecule has 1 amide bonds. The molecule has 5 fully saturated rings. The van der Waals surface area contributed by atoms with Gasteiger partial charge in [0.2, 0.25) is 0 Å². The van der Waals surface area contributed by atoms with Crippen LogP contribution >= 0.6 is 0 Å². The van der Waals surface area contributed by atoms with Gasteiger partial charge in [0.15, 0.2) is 6.54 Å². The first-order valence-corrected chi connectivity index (χ1v) is 9.37. The summed E-state index contributed by atoms with van der Waals surface area (Å²) in [5, 5.41) is 14.3. The topological polar surface area (TPSA) is 73.7 Å². The van der Waals surface area contributed by atoms with Gasteiger partial charge in [-0.1, -0.05) is 0 Å². The quantitative estimate of drug-likeness (QED) is 0.706. The van der Waals surface area contributed by atoms with E-state index in [0.29, 0.717) is 19.4 Å². The molecule has 0 radical (unpaired) electrons. The largest absolute Gasteiger partial charge is 0.550 e. The lowest BCUT2D eigenvalue weighted by Crippen LogP contribution is -3.14. The van der Waals surface area contributed by atoms with Gasteiger partial charge in [-0.05, 0) is 56.3 Å². The number of piperidine rings is 1. The van der Waals surface area contributed by atoms with Crippen LogP contribution in [0.1, 0.15) is 51.4 Å². The van der Waals surface area contributed by atoms with Crippen LogP contribution in [0.5, 0.6) is 0 Å². The molecular weight excluding hydrogens is 292 g/mol. The first-order chi connectivity index (χ1) is 11.0. The summed E-state index contributed by atoms with van der Waals surface area (Å²) in [5.41, 5.74) is 0.0918. The molecule has 5 aliphatic rings. The van der Waals surface area contributed by atoms with Crippen molar-refractivity contribution in [2.75, 3.05) is 19.6 Å². The van der Waals surface area contributed by atoms with Crippen LogP contribution in [-0.4, -0.2) is 37.0 Å². The summed E-state index contributed by atoms with van der Waals surface area (Å²) in [7, 11) is 0. The Labute approximate surface area is 137 Å². The SMILES string of the molecule is O=C(C[NH+]1CCC(C(=O)[O-])CC1)NC12CC3CC(CC(C3)C1)C2. The van der Waals surface area contributed by atoms with E-state index < -0.39 is 5.97 Å². The van der Waals surface area contributed by atoms with Gasteiger partial charge in [0.05, 0.1) is 13.1 Å². The lowest BCUT2D eigenvalue weighted by atomic mass is 9.53. The smallest absolute Gasteiger partial charge is 0.275 e. The number of nitrogens with one attached hydrogen (secondary N) is 2. The number of aliphatic carboxylic acids is 1. The Morgan fingerprint density at radius 2 is 1.52 bits per heavy atom. The Morgan fingerprint density at radius 1 is 1.00 bits per heavy atom. The van der Waals surface area contributed by atoms with Crippen molar-refractivity contribution in [3.63, 3.8) is 0 Å². The van der Waals surface area contributed by atoms with Crippen LogP contribution in [0.25, 0.3) is 0 Å². The molecule has 5 rings (SSSR count). The molecule has 1 saturated heterocycles. The van der Waals surface area contributed by atoms with Gasteiger partial charge >= 0.3 is 0 Å². The molecule has 2 N–H and O–H groups in total. The zero-order chi connectivity index (χ0) is 16.0. The number of hydrogen-bond donors (Lipinski definition) is 2. The molecule has 5 nitrogen and oxygen atoms in total. The molecule has 0 unspecified atom stereocenters. The Kier molecular flexibility index (Phi) is 3.87. The van der Waals surface area contributed by atoms with E-state index in [2.05, 4.69) is 5.32 Å². The van der Waals surface area contributed by atoms with Crippen molar-refractivity contribution >= 4 is 11.9 Å². The fourth-order valence-electron chi connectivity index (χ4n) is 6.27. The molecule has 23 heavy (non-hydrogen) atoms. The summed E-state index contributed by atoms with van der Waals surface area (Å²) in [6.07, 6.45) is 9.00. The second kappa shape index (κ2) is 5.76. The van der Waals surface area contributed by atoms with Crippen LogP contribution in [0.4, 0.5) is 0 Å². The van der Waals surface area contributed by atoms with Crippen LogP contribution in [-0.2, 0) is 9.59 Å². The van der Waals surface area contributed by atoms with Crippen molar-refractivity contribution in [3.8, 4) is 0 Å². The van der Waals surface area contributed by atoms with E-state index >= 15 is 0 Å². The molecule has 1 heterocycles. The lowest BCUT2D eigenvalue weighted by molar-refractivity contribution is -0.898. The average molecular weight is 320 g/mol. The predicted molar refractivity (Wildman–Crippen MR) is 82.3 cm³/mol. The van der Waals surface area contributed by atoms with Crippen molar-refractivity contribution < 1.29 is 19.6 Å². The minimum Gasteiger partial charge on any atom is -0.550 e. The van der Waals surface area contributed by atoms with Gasteiger partial charge in [-0.15, -0.1) is 0 Å². The summed E-state index contributed by atoms with van der Waals surface area (Å²) in [4.78, 5) is 24.7. The fourth-order valence-corrected chi connectivity index (χ4v) is 6.27. The highest BCUT2D eigenvalue weighted by Gasteiger charge is 2.51. The normalized spacial score (nSPS) is 45.0. The second-order valence-electron chi connectivity index (χ2n) is 8.77. The summed E-state index contributed by atoms with van der Waals surface area (Å²) in [5.74, 6) is 1.45. The minimum atomic E-state index is -0.929. The third-order valence-corrected chi connectivity index (χ3v) is 6.88. The van der Waals surface area contributed by atoms with Crippen molar-refractivity contribution in [2.45, 2.75) is 56.9 Å². The van der Waals surface area contributed by atoms with Gasteiger partial charge in [-0.25, -0.2) is 0 Å². The average Bonchev–Trinajstić information content (AvgIpc) is 2.45. The van der Waals surface area contributed by atoms with Crippen LogP contribution < -0.4 is 15.3 Å². The molecule has 1 aliphatic heterocycles. The van der Waals surface area contributed by atoms with Crippen molar-refractivity contribution in [1.82, 2.24) is 5.32 Å². The van der Waals surface area contributed by atoms with Crippen molar-refractivity contribution in [3.05, 3.63) is 0 Å². The molecule has 4 bridgehead atoms. The number of carboxylic acids is 1. The number of hydrogen-bond acceptors (Lipinski definition) is 3. The van der Waals surface area contributed by atoms with Crippen LogP contribution in [0.3, 0.4) is 0 Å². The maximum Gasteiger partial charge on any atom is 0.275 e. The summed E-state index contributed by atoms with van der Waals surface area (Å²) >= 11 is 0. The molecule has 0 spiro atoms. The van der Waals surface area contributed by atoms with Gasteiger partial charge in [0.1, 0.15) is 0 Å². The highest BCUT2D eigenvalue weighted by molar-refractivity contribution is 5.77. The first-order valence-electron chi connectivity index (χ1n) is 9.37. The third-order valence-electron chi connectivity index (χ3n) is 6.88. The molecule has 0 atom stereocenters. The van der Waals surface area contributed by atoms with E-state index in [0.717, 1.165) is 30.8 Å². The number of likely N-dealkylation sites (tertiary alicyclic amines) is 1. The van der Waals surface area contributed by atoms with E-state index in [1.807, 2.05) is 0 Å². The minimum absolute atomic E-state index is 0.0918. The van der Waals surface area contributed by atoms with E-state index in [-0.39, 0.29) is 17.4 Å². The van der Waals surface area contributed by atoms with E-state index in [4.69, 9.17) is 0 Å². The van der Waals surface area contributed by atoms with Gasteiger partial charge in [-0.3, -0.25) is 4.79 Å². The Morgan fingerprint density at radius 3 is 2.00 bits per heavy atom. The van der Waals surface area contributed by atoms with E-state index in [1.165, 1.54) is 43.4 Å². The molecule has 5 heteroatoms. The van der Waals surface area contributed by atoms with Crippen LogP contribution in [0.2, 0.25) is 0 Å². The zero-order valence-corrected chi connectivity index (χ0v) is 13.8. The summed E-state index contributed by atoms with van der Waals surface area (Å²) in [6.45, 7) is 2.04. The highest BCUT2D eigenvalue weighted by atomic mass is 16.4. The van der Waals surface area contributed by atoms with Crippen LogP contribution in [0, 0.1) is 23.7 Å². The van der Waals surface area contributed by atoms with E-state index in [9.17, 15) is 14.7 Å². The van der Waals surface area contributed by atoms with Gasteiger partial charge < -0.3 is 20.1 Å². The highest BCUT2D eigenvalue weighted by Crippen LogP contribution is 2.55. The van der Waals surface area contributed by atoms with E-state index in [1.54, 1.807) is 0 Å². The maximum atomic E-state index is 12.6. The van der Waals surface area contributed by atoms with Gasteiger partial charge in [0.25, 0.3) is 5.91 Å². The number of rotatable bonds is 4. The standard InChI is InChI=1S/C18H28N2O3/c21-16(11-20-3-1-15(2-4-20)17(22)23)19-18-8-12-5-13(9-18)7-14(6-12)10-18/h12-15H,1-11H2,(H,19,21)(H,22,23). The first kappa shape index (κ1) is 15.4. The number of amides is 1.